The molecule has 1 aromatic rings. The van der Waals surface area contributed by atoms with E-state index in [2.05, 4.69) is 9.89 Å². The minimum Gasteiger partial charge on any atom is -0.351 e. The minimum absolute atomic E-state index is 0.113. The molecule has 0 spiro atoms. The molecule has 0 aromatic heterocycles. The summed E-state index contributed by atoms with van der Waals surface area (Å²) in [6.45, 7) is 2.04. The molecule has 0 atom stereocenters. The summed E-state index contributed by atoms with van der Waals surface area (Å²) in [7, 11) is 0. The van der Waals surface area contributed by atoms with E-state index in [9.17, 15) is 4.79 Å². The Bertz CT molecular complexity index is 598. The van der Waals surface area contributed by atoms with E-state index in [1.807, 2.05) is 48.6 Å². The van der Waals surface area contributed by atoms with Crippen LogP contribution in [0, 0.1) is 0 Å². The molecule has 0 aliphatic carbocycles. The molecule has 108 valence electrons. The first-order valence-corrected chi connectivity index (χ1v) is 8.14. The van der Waals surface area contributed by atoms with Crippen molar-refractivity contribution in [1.82, 2.24) is 4.90 Å². The Morgan fingerprint density at radius 2 is 1.86 bits per heavy atom. The highest BCUT2D eigenvalue weighted by molar-refractivity contribution is 8.18. The van der Waals surface area contributed by atoms with Gasteiger partial charge in [0.1, 0.15) is 0 Å². The van der Waals surface area contributed by atoms with Gasteiger partial charge in [-0.3, -0.25) is 4.79 Å². The van der Waals surface area contributed by atoms with E-state index in [1.165, 1.54) is 31.0 Å². The smallest absolute Gasteiger partial charge is 0.286 e. The third-order valence-corrected chi connectivity index (χ3v) is 4.63. The quantitative estimate of drug-likeness (QED) is 0.780. The SMILES string of the molecule is O=C1N=C(N2CCCCC2)S/C1=C\C=C\c1ccccc1. The van der Waals surface area contributed by atoms with Crippen molar-refractivity contribution in [2.75, 3.05) is 13.1 Å². The van der Waals surface area contributed by atoms with Crippen LogP contribution >= 0.6 is 11.8 Å². The fourth-order valence-electron chi connectivity index (χ4n) is 2.44. The van der Waals surface area contributed by atoms with Crippen LogP contribution in [0.4, 0.5) is 0 Å². The van der Waals surface area contributed by atoms with Crippen molar-refractivity contribution in [3.8, 4) is 0 Å². The highest BCUT2D eigenvalue weighted by Gasteiger charge is 2.26. The molecule has 1 aromatic carbocycles. The van der Waals surface area contributed by atoms with Crippen LogP contribution in [0.2, 0.25) is 0 Å². The van der Waals surface area contributed by atoms with Gasteiger partial charge >= 0.3 is 0 Å². The summed E-state index contributed by atoms with van der Waals surface area (Å²) in [6.07, 6.45) is 9.46. The zero-order chi connectivity index (χ0) is 14.5. The van der Waals surface area contributed by atoms with Gasteiger partial charge in [0.05, 0.1) is 4.91 Å². The number of aliphatic imine (C=N–C) groups is 1. The number of piperidine rings is 1. The lowest BCUT2D eigenvalue weighted by Gasteiger charge is -2.27. The summed E-state index contributed by atoms with van der Waals surface area (Å²) in [5, 5.41) is 0.874. The van der Waals surface area contributed by atoms with E-state index in [1.54, 1.807) is 0 Å². The number of carbonyl (C=O) groups is 1. The number of hydrogen-bond donors (Lipinski definition) is 0. The zero-order valence-corrected chi connectivity index (χ0v) is 12.7. The Morgan fingerprint density at radius 3 is 2.62 bits per heavy atom. The lowest BCUT2D eigenvalue weighted by atomic mass is 10.1. The molecule has 0 bridgehead atoms. The molecule has 0 saturated carbocycles. The molecular formula is C17H18N2OS. The maximum atomic E-state index is 11.9. The van der Waals surface area contributed by atoms with Crippen molar-refractivity contribution in [3.63, 3.8) is 0 Å². The van der Waals surface area contributed by atoms with Crippen LogP contribution in [0.15, 0.2) is 52.4 Å². The number of rotatable bonds is 2. The highest BCUT2D eigenvalue weighted by atomic mass is 32.2. The fourth-order valence-corrected chi connectivity index (χ4v) is 3.36. The Labute approximate surface area is 129 Å². The van der Waals surface area contributed by atoms with E-state index in [4.69, 9.17) is 0 Å². The first-order chi connectivity index (χ1) is 10.3. The molecule has 2 heterocycles. The standard InChI is InChI=1S/C17H18N2OS/c20-16-15(11-7-10-14-8-3-1-4-9-14)21-17(18-16)19-12-5-2-6-13-19/h1,3-4,7-11H,2,5-6,12-13H2/b10-7+,15-11-. The van der Waals surface area contributed by atoms with Crippen molar-refractivity contribution < 1.29 is 4.79 Å². The lowest BCUT2D eigenvalue weighted by molar-refractivity contribution is -0.113. The highest BCUT2D eigenvalue weighted by Crippen LogP contribution is 2.29. The third-order valence-electron chi connectivity index (χ3n) is 3.57. The van der Waals surface area contributed by atoms with Gasteiger partial charge in [-0.1, -0.05) is 42.5 Å². The predicted molar refractivity (Wildman–Crippen MR) is 89.0 cm³/mol. The fraction of sp³-hybridized carbons (Fsp3) is 0.294. The molecule has 0 radical (unpaired) electrons. The maximum absolute atomic E-state index is 11.9. The van der Waals surface area contributed by atoms with Gasteiger partial charge in [0, 0.05) is 13.1 Å². The van der Waals surface area contributed by atoms with Crippen molar-refractivity contribution in [1.29, 1.82) is 0 Å². The minimum atomic E-state index is -0.113. The second-order valence-electron chi connectivity index (χ2n) is 5.15. The predicted octanol–water partition coefficient (Wildman–Crippen LogP) is 3.70. The van der Waals surface area contributed by atoms with Crippen molar-refractivity contribution in [2.45, 2.75) is 19.3 Å². The molecule has 0 unspecified atom stereocenters. The number of hydrogen-bond acceptors (Lipinski definition) is 3. The zero-order valence-electron chi connectivity index (χ0n) is 11.9. The number of nitrogens with zero attached hydrogens (tertiary/aromatic N) is 2. The van der Waals surface area contributed by atoms with Crippen LogP contribution in [-0.2, 0) is 4.79 Å². The largest absolute Gasteiger partial charge is 0.351 e. The van der Waals surface area contributed by atoms with Gasteiger partial charge in [-0.15, -0.1) is 0 Å². The van der Waals surface area contributed by atoms with Crippen molar-refractivity contribution >= 4 is 28.9 Å². The number of likely N-dealkylation sites (tertiary alicyclic amines) is 1. The summed E-state index contributed by atoms with van der Waals surface area (Å²) >= 11 is 1.50. The van der Waals surface area contributed by atoms with E-state index >= 15 is 0 Å². The van der Waals surface area contributed by atoms with Gasteiger partial charge in [0.2, 0.25) is 0 Å². The van der Waals surface area contributed by atoms with Crippen LogP contribution in [0.3, 0.4) is 0 Å². The van der Waals surface area contributed by atoms with E-state index in [0.29, 0.717) is 4.91 Å². The van der Waals surface area contributed by atoms with Gasteiger partial charge in [0.25, 0.3) is 5.91 Å². The van der Waals surface area contributed by atoms with Gasteiger partial charge in [-0.25, -0.2) is 0 Å². The van der Waals surface area contributed by atoms with Gasteiger partial charge in [0.15, 0.2) is 5.17 Å². The molecule has 2 aliphatic heterocycles. The summed E-state index contributed by atoms with van der Waals surface area (Å²) in [6, 6.07) is 10.1. The molecule has 21 heavy (non-hydrogen) atoms. The Morgan fingerprint density at radius 1 is 1.10 bits per heavy atom. The Kier molecular flexibility index (Phi) is 4.55. The second kappa shape index (κ2) is 6.76. The van der Waals surface area contributed by atoms with E-state index in [-0.39, 0.29) is 5.91 Å². The summed E-state index contributed by atoms with van der Waals surface area (Å²) in [4.78, 5) is 19.1. The molecule has 3 rings (SSSR count). The molecule has 3 nitrogen and oxygen atoms in total. The Hall–Kier alpha value is -1.81. The van der Waals surface area contributed by atoms with Crippen LogP contribution in [0.5, 0.6) is 0 Å². The monoisotopic (exact) mass is 298 g/mol. The number of thioether (sulfide) groups is 1. The summed E-state index contributed by atoms with van der Waals surface area (Å²) in [5.74, 6) is -0.113. The molecule has 1 fully saturated rings. The number of amidine groups is 1. The van der Waals surface area contributed by atoms with Gasteiger partial charge in [-0.05, 0) is 42.7 Å². The molecule has 1 amide bonds. The normalized spacial score (nSPS) is 21.3. The summed E-state index contributed by atoms with van der Waals surface area (Å²) < 4.78 is 0. The topological polar surface area (TPSA) is 32.7 Å². The van der Waals surface area contributed by atoms with E-state index in [0.717, 1.165) is 23.8 Å². The first kappa shape index (κ1) is 14.1. The number of allylic oxidation sites excluding steroid dienone is 2. The average Bonchev–Trinajstić information content (AvgIpc) is 2.91. The van der Waals surface area contributed by atoms with Crippen LogP contribution in [0.25, 0.3) is 6.08 Å². The molecule has 1 saturated heterocycles. The number of benzene rings is 1. The lowest BCUT2D eigenvalue weighted by Crippen LogP contribution is -2.33. The van der Waals surface area contributed by atoms with Crippen molar-refractivity contribution in [3.05, 3.63) is 53.0 Å². The molecule has 0 N–H and O–H groups in total. The molecule has 2 aliphatic rings. The number of carbonyl (C=O) groups excluding carboxylic acids is 1. The maximum Gasteiger partial charge on any atom is 0.286 e. The Balaban J connectivity index is 1.64. The summed E-state index contributed by atoms with van der Waals surface area (Å²) in [5.41, 5.74) is 1.13. The molecular weight excluding hydrogens is 280 g/mol. The first-order valence-electron chi connectivity index (χ1n) is 7.32. The molecule has 4 heteroatoms. The van der Waals surface area contributed by atoms with Crippen molar-refractivity contribution in [2.24, 2.45) is 4.99 Å². The van der Waals surface area contributed by atoms with Gasteiger partial charge < -0.3 is 4.90 Å². The second-order valence-corrected chi connectivity index (χ2v) is 6.16. The average molecular weight is 298 g/mol. The van der Waals surface area contributed by atoms with E-state index < -0.39 is 0 Å². The third kappa shape index (κ3) is 3.64. The van der Waals surface area contributed by atoms with Crippen LogP contribution in [-0.4, -0.2) is 29.1 Å². The number of amides is 1. The van der Waals surface area contributed by atoms with Crippen LogP contribution < -0.4 is 0 Å². The van der Waals surface area contributed by atoms with Crippen LogP contribution in [0.1, 0.15) is 24.8 Å². The van der Waals surface area contributed by atoms with Gasteiger partial charge in [-0.2, -0.15) is 4.99 Å².